The van der Waals surface area contributed by atoms with Gasteiger partial charge in [0.1, 0.15) is 0 Å². The van der Waals surface area contributed by atoms with E-state index in [-0.39, 0.29) is 36.7 Å². The zero-order valence-electron chi connectivity index (χ0n) is 11.9. The average Bonchev–Trinajstić information content (AvgIpc) is 2.41. The lowest BCUT2D eigenvalue weighted by Gasteiger charge is -2.35. The number of halogens is 3. The lowest BCUT2D eigenvalue weighted by molar-refractivity contribution is 0.166. The first-order valence-corrected chi connectivity index (χ1v) is 6.55. The molecule has 6 heteroatoms. The van der Waals surface area contributed by atoms with E-state index in [1.54, 1.807) is 6.07 Å². The Morgan fingerprint density at radius 3 is 2.50 bits per heavy atom. The highest BCUT2D eigenvalue weighted by molar-refractivity contribution is 5.85. The van der Waals surface area contributed by atoms with Crippen molar-refractivity contribution in [3.05, 3.63) is 29.6 Å². The maximum absolute atomic E-state index is 13.8. The van der Waals surface area contributed by atoms with Crippen LogP contribution in [0, 0.1) is 5.82 Å². The Bertz CT molecular complexity index is 401. The monoisotopic (exact) mass is 324 g/mol. The summed E-state index contributed by atoms with van der Waals surface area (Å²) in [6.45, 7) is 6.12. The second kappa shape index (κ2) is 9.40. The molecule has 1 aromatic carbocycles. The summed E-state index contributed by atoms with van der Waals surface area (Å²) in [6.07, 6.45) is 0.958. The lowest BCUT2D eigenvalue weighted by atomic mass is 10.0. The summed E-state index contributed by atoms with van der Waals surface area (Å²) in [5, 5.41) is 3.34. The Balaban J connectivity index is 0.00000180. The van der Waals surface area contributed by atoms with Crippen LogP contribution in [0.1, 0.15) is 24.9 Å². The number of hydrogen-bond acceptors (Lipinski definition) is 3. The summed E-state index contributed by atoms with van der Waals surface area (Å²) >= 11 is 0. The second-order valence-corrected chi connectivity index (χ2v) is 4.57. The topological polar surface area (TPSA) is 24.5 Å². The molecule has 116 valence electrons. The molecule has 1 aromatic rings. The summed E-state index contributed by atoms with van der Waals surface area (Å²) < 4.78 is 19.0. The molecule has 3 nitrogen and oxygen atoms in total. The first-order chi connectivity index (χ1) is 8.77. The van der Waals surface area contributed by atoms with Gasteiger partial charge in [0.15, 0.2) is 11.6 Å². The average molecular weight is 325 g/mol. The second-order valence-electron chi connectivity index (χ2n) is 4.57. The van der Waals surface area contributed by atoms with Crippen molar-refractivity contribution in [2.24, 2.45) is 0 Å². The van der Waals surface area contributed by atoms with Gasteiger partial charge in [-0.3, -0.25) is 4.90 Å². The number of para-hydroxylation sites is 1. The van der Waals surface area contributed by atoms with E-state index in [0.29, 0.717) is 5.75 Å². The quantitative estimate of drug-likeness (QED) is 0.921. The number of methoxy groups -OCH3 is 1. The van der Waals surface area contributed by atoms with E-state index in [9.17, 15) is 4.39 Å². The fraction of sp³-hybridized carbons (Fsp3) is 0.571. The molecule has 0 aromatic heterocycles. The third kappa shape index (κ3) is 4.22. The van der Waals surface area contributed by atoms with Gasteiger partial charge in [0.25, 0.3) is 0 Å². The maximum atomic E-state index is 13.8. The minimum atomic E-state index is -0.274. The normalized spacial score (nSPS) is 16.8. The highest BCUT2D eigenvalue weighted by Crippen LogP contribution is 2.33. The van der Waals surface area contributed by atoms with E-state index in [2.05, 4.69) is 17.1 Å². The Morgan fingerprint density at radius 1 is 1.30 bits per heavy atom. The highest BCUT2D eigenvalue weighted by Gasteiger charge is 2.24. The first kappa shape index (κ1) is 19.4. The molecular weight excluding hydrogens is 302 g/mol. The smallest absolute Gasteiger partial charge is 0.165 e. The van der Waals surface area contributed by atoms with E-state index < -0.39 is 0 Å². The van der Waals surface area contributed by atoms with Crippen LogP contribution in [0.4, 0.5) is 4.39 Å². The molecule has 0 spiro atoms. The predicted molar refractivity (Wildman–Crippen MR) is 84.9 cm³/mol. The van der Waals surface area contributed by atoms with Crippen molar-refractivity contribution in [2.45, 2.75) is 19.4 Å². The van der Waals surface area contributed by atoms with Crippen LogP contribution in [0.2, 0.25) is 0 Å². The molecule has 0 amide bonds. The van der Waals surface area contributed by atoms with Gasteiger partial charge < -0.3 is 10.1 Å². The van der Waals surface area contributed by atoms with Gasteiger partial charge in [-0.1, -0.05) is 19.1 Å². The third-order valence-electron chi connectivity index (χ3n) is 3.54. The Labute approximate surface area is 132 Å². The van der Waals surface area contributed by atoms with Crippen molar-refractivity contribution >= 4 is 24.8 Å². The van der Waals surface area contributed by atoms with Crippen LogP contribution in [0.5, 0.6) is 5.75 Å². The molecule has 1 aliphatic heterocycles. The van der Waals surface area contributed by atoms with Crippen molar-refractivity contribution in [1.29, 1.82) is 0 Å². The minimum absolute atomic E-state index is 0. The summed E-state index contributed by atoms with van der Waals surface area (Å²) in [4.78, 5) is 2.40. The van der Waals surface area contributed by atoms with Crippen LogP contribution in [0.3, 0.4) is 0 Å². The van der Waals surface area contributed by atoms with Crippen molar-refractivity contribution < 1.29 is 9.13 Å². The molecule has 0 bridgehead atoms. The van der Waals surface area contributed by atoms with Gasteiger partial charge in [-0.2, -0.15) is 0 Å². The fourth-order valence-electron chi connectivity index (χ4n) is 2.67. The van der Waals surface area contributed by atoms with Gasteiger partial charge >= 0.3 is 0 Å². The minimum Gasteiger partial charge on any atom is -0.493 e. The first-order valence-electron chi connectivity index (χ1n) is 6.55. The SMILES string of the molecule is CC[C@@H](c1cccc(F)c1OC)N1CCNCC1.Cl.Cl. The molecule has 1 atom stereocenters. The zero-order valence-corrected chi connectivity index (χ0v) is 13.5. The van der Waals surface area contributed by atoms with E-state index >= 15 is 0 Å². The summed E-state index contributed by atoms with van der Waals surface area (Å²) in [5.41, 5.74) is 0.960. The third-order valence-corrected chi connectivity index (χ3v) is 3.54. The van der Waals surface area contributed by atoms with E-state index in [1.807, 2.05) is 6.07 Å². The number of ether oxygens (including phenoxy) is 1. The Hall–Kier alpha value is -0.550. The van der Waals surface area contributed by atoms with E-state index in [4.69, 9.17) is 4.74 Å². The van der Waals surface area contributed by atoms with Gasteiger partial charge in [0, 0.05) is 37.8 Å². The predicted octanol–water partition coefficient (Wildman–Crippen LogP) is 3.03. The van der Waals surface area contributed by atoms with Crippen LogP contribution in [-0.2, 0) is 0 Å². The van der Waals surface area contributed by atoms with Gasteiger partial charge in [0.2, 0.25) is 0 Å². The molecule has 20 heavy (non-hydrogen) atoms. The molecule has 0 aliphatic carbocycles. The van der Waals surface area contributed by atoms with E-state index in [1.165, 1.54) is 13.2 Å². The highest BCUT2D eigenvalue weighted by atomic mass is 35.5. The molecule has 2 rings (SSSR count). The van der Waals surface area contributed by atoms with Crippen LogP contribution in [0.25, 0.3) is 0 Å². The van der Waals surface area contributed by atoms with Crippen molar-refractivity contribution in [3.63, 3.8) is 0 Å². The summed E-state index contributed by atoms with van der Waals surface area (Å²) in [7, 11) is 1.53. The molecule has 1 N–H and O–H groups in total. The lowest BCUT2D eigenvalue weighted by Crippen LogP contribution is -2.45. The Kier molecular flexibility index (Phi) is 9.14. The van der Waals surface area contributed by atoms with Gasteiger partial charge in [-0.05, 0) is 12.5 Å². The molecule has 1 aliphatic rings. The molecule has 0 radical (unpaired) electrons. The molecule has 1 fully saturated rings. The number of hydrogen-bond donors (Lipinski definition) is 1. The van der Waals surface area contributed by atoms with Crippen molar-refractivity contribution in [2.75, 3.05) is 33.3 Å². The van der Waals surface area contributed by atoms with Crippen molar-refractivity contribution in [3.8, 4) is 5.75 Å². The largest absolute Gasteiger partial charge is 0.493 e. The molecule has 1 saturated heterocycles. The van der Waals surface area contributed by atoms with Gasteiger partial charge in [-0.15, -0.1) is 24.8 Å². The maximum Gasteiger partial charge on any atom is 0.165 e. The molecular formula is C14H23Cl2FN2O. The Morgan fingerprint density at radius 2 is 1.95 bits per heavy atom. The van der Waals surface area contributed by atoms with E-state index in [0.717, 1.165) is 38.2 Å². The summed E-state index contributed by atoms with van der Waals surface area (Å²) in [5.74, 6) is 0.117. The fourth-order valence-corrected chi connectivity index (χ4v) is 2.67. The van der Waals surface area contributed by atoms with Crippen LogP contribution < -0.4 is 10.1 Å². The number of rotatable bonds is 4. The number of nitrogens with one attached hydrogen (secondary N) is 1. The zero-order chi connectivity index (χ0) is 13.0. The van der Waals surface area contributed by atoms with Gasteiger partial charge in [0.05, 0.1) is 7.11 Å². The van der Waals surface area contributed by atoms with Crippen molar-refractivity contribution in [1.82, 2.24) is 10.2 Å². The number of benzene rings is 1. The van der Waals surface area contributed by atoms with Crippen LogP contribution in [0.15, 0.2) is 18.2 Å². The molecule has 1 heterocycles. The number of nitrogens with zero attached hydrogens (tertiary/aromatic N) is 1. The van der Waals surface area contributed by atoms with Crippen LogP contribution >= 0.6 is 24.8 Å². The molecule has 0 saturated carbocycles. The van der Waals surface area contributed by atoms with Crippen LogP contribution in [-0.4, -0.2) is 38.2 Å². The number of piperazine rings is 1. The van der Waals surface area contributed by atoms with Gasteiger partial charge in [-0.25, -0.2) is 4.39 Å². The summed E-state index contributed by atoms with van der Waals surface area (Å²) in [6, 6.07) is 5.42. The molecule has 0 unspecified atom stereocenters. The standard InChI is InChI=1S/C14H21FN2O.2ClH/c1-3-13(17-9-7-16-8-10-17)11-5-4-6-12(15)14(11)18-2;;/h4-6,13,16H,3,7-10H2,1-2H3;2*1H/t13-;;/m0../s1.